The van der Waals surface area contributed by atoms with Gasteiger partial charge in [-0.25, -0.2) is 4.98 Å². The normalized spacial score (nSPS) is 22.4. The van der Waals surface area contributed by atoms with Crippen molar-refractivity contribution in [2.45, 2.75) is 76.0 Å². The van der Waals surface area contributed by atoms with Crippen molar-refractivity contribution in [3.8, 4) is 22.8 Å². The van der Waals surface area contributed by atoms with Crippen LogP contribution in [0.15, 0.2) is 103 Å². The molecule has 13 nitrogen and oxygen atoms in total. The first-order valence-electron chi connectivity index (χ1n) is 22.0. The zero-order valence-electron chi connectivity index (χ0n) is 37.7. The summed E-state index contributed by atoms with van der Waals surface area (Å²) in [7, 11) is 7.48. The number of imidazole rings is 1. The summed E-state index contributed by atoms with van der Waals surface area (Å²) >= 11 is 12.8. The molecule has 2 aliphatic rings. The van der Waals surface area contributed by atoms with Gasteiger partial charge in [-0.05, 0) is 113 Å². The second-order valence-electron chi connectivity index (χ2n) is 17.6. The number of carbonyl (C=O) groups excluding carboxylic acids is 3. The number of benzene rings is 4. The Morgan fingerprint density at radius 3 is 2.35 bits per heavy atom. The SMILES string of the molecule is COC[C@@H]1NC(=O)[C@H](C)N(Cc2ccc(Cl)cc2Oc2ccc(-c3cnc(CN(C)C)n3C)cc2)C(O)C[C@@H](Cc2ccccc2)C(=O)N2CCC[C@@](Cc3ccc(Cl)cc3)(C2)NC1=O. The monoisotopic (exact) mass is 923 g/mol. The van der Waals surface area contributed by atoms with Crippen LogP contribution in [0.25, 0.3) is 11.3 Å². The van der Waals surface area contributed by atoms with Gasteiger partial charge >= 0.3 is 0 Å². The molecule has 0 radical (unpaired) electrons. The molecule has 344 valence electrons. The molecule has 5 aromatic rings. The van der Waals surface area contributed by atoms with Crippen LogP contribution >= 0.6 is 23.2 Å². The number of halogens is 2. The first-order valence-corrected chi connectivity index (χ1v) is 22.8. The van der Waals surface area contributed by atoms with Crippen molar-refractivity contribution in [3.63, 3.8) is 0 Å². The van der Waals surface area contributed by atoms with E-state index in [1.54, 1.807) is 30.0 Å². The molecule has 0 saturated carbocycles. The number of methoxy groups -OCH3 is 1. The molecule has 0 aliphatic carbocycles. The highest BCUT2D eigenvalue weighted by Crippen LogP contribution is 2.34. The van der Waals surface area contributed by atoms with Gasteiger partial charge < -0.3 is 39.6 Å². The van der Waals surface area contributed by atoms with Gasteiger partial charge in [0.1, 0.15) is 29.6 Å². The lowest BCUT2D eigenvalue weighted by atomic mass is 9.81. The maximum atomic E-state index is 15.0. The number of aromatic nitrogens is 2. The Labute approximate surface area is 391 Å². The summed E-state index contributed by atoms with van der Waals surface area (Å²) < 4.78 is 14.1. The van der Waals surface area contributed by atoms with Crippen molar-refractivity contribution in [1.29, 1.82) is 0 Å². The van der Waals surface area contributed by atoms with E-state index in [9.17, 15) is 19.5 Å². The van der Waals surface area contributed by atoms with Gasteiger partial charge in [-0.2, -0.15) is 0 Å². The largest absolute Gasteiger partial charge is 0.457 e. The lowest BCUT2D eigenvalue weighted by Gasteiger charge is -2.45. The van der Waals surface area contributed by atoms with Crippen molar-refractivity contribution in [3.05, 3.63) is 136 Å². The average molecular weight is 925 g/mol. The number of aliphatic hydroxyl groups excluding tert-OH is 1. The van der Waals surface area contributed by atoms with Crippen molar-refractivity contribution >= 4 is 40.9 Å². The zero-order valence-corrected chi connectivity index (χ0v) is 39.2. The van der Waals surface area contributed by atoms with Gasteiger partial charge in [-0.15, -0.1) is 0 Å². The molecule has 65 heavy (non-hydrogen) atoms. The van der Waals surface area contributed by atoms with Crippen LogP contribution in [0.5, 0.6) is 11.5 Å². The third kappa shape index (κ3) is 12.0. The van der Waals surface area contributed by atoms with E-state index in [4.69, 9.17) is 32.7 Å². The Balaban J connectivity index is 1.21. The molecule has 5 atom stereocenters. The average Bonchev–Trinajstić information content (AvgIpc) is 3.64. The fraction of sp³-hybridized carbons (Fsp3) is 0.400. The minimum Gasteiger partial charge on any atom is -0.457 e. The molecule has 2 fully saturated rings. The topological polar surface area (TPSA) is 142 Å². The fourth-order valence-electron chi connectivity index (χ4n) is 8.98. The highest BCUT2D eigenvalue weighted by Gasteiger charge is 2.43. The molecule has 3 heterocycles. The van der Waals surface area contributed by atoms with E-state index in [2.05, 4.69) is 25.1 Å². The number of hydrogen-bond donors (Lipinski definition) is 3. The third-order valence-electron chi connectivity index (χ3n) is 12.4. The molecule has 2 saturated heterocycles. The zero-order chi connectivity index (χ0) is 46.3. The Kier molecular flexibility index (Phi) is 15.7. The number of fused-ring (bicyclic) bond motifs is 2. The summed E-state index contributed by atoms with van der Waals surface area (Å²) in [6.07, 6.45) is 2.62. The van der Waals surface area contributed by atoms with Gasteiger partial charge in [-0.1, -0.05) is 71.7 Å². The van der Waals surface area contributed by atoms with Gasteiger partial charge in [0, 0.05) is 60.9 Å². The molecule has 1 unspecified atom stereocenters. The summed E-state index contributed by atoms with van der Waals surface area (Å²) in [6, 6.07) is 28.0. The van der Waals surface area contributed by atoms with E-state index >= 15 is 0 Å². The van der Waals surface area contributed by atoms with Gasteiger partial charge in [-0.3, -0.25) is 19.3 Å². The number of nitrogens with zero attached hydrogens (tertiary/aromatic N) is 5. The van der Waals surface area contributed by atoms with Crippen LogP contribution in [-0.4, -0.2) is 112 Å². The van der Waals surface area contributed by atoms with Gasteiger partial charge in [0.15, 0.2) is 0 Å². The Morgan fingerprint density at radius 1 is 0.923 bits per heavy atom. The molecule has 2 bridgehead atoms. The number of nitrogens with one attached hydrogen (secondary N) is 2. The van der Waals surface area contributed by atoms with Crippen LogP contribution in [0.1, 0.15) is 48.7 Å². The van der Waals surface area contributed by atoms with Crippen molar-refractivity contribution < 1.29 is 29.0 Å². The molecular weight excluding hydrogens is 865 g/mol. The van der Waals surface area contributed by atoms with E-state index in [1.165, 1.54) is 7.11 Å². The molecule has 3 N–H and O–H groups in total. The lowest BCUT2D eigenvalue weighted by Crippen LogP contribution is -2.65. The fourth-order valence-corrected chi connectivity index (χ4v) is 9.27. The van der Waals surface area contributed by atoms with Crippen molar-refractivity contribution in [2.24, 2.45) is 13.0 Å². The number of ether oxygens (including phenoxy) is 2. The van der Waals surface area contributed by atoms with Crippen LogP contribution in [-0.2, 0) is 52.1 Å². The summed E-state index contributed by atoms with van der Waals surface area (Å²) in [5, 5.41) is 19.7. The van der Waals surface area contributed by atoms with Crippen LogP contribution in [0, 0.1) is 5.92 Å². The Bertz CT molecular complexity index is 2420. The van der Waals surface area contributed by atoms with Crippen LogP contribution in [0.4, 0.5) is 0 Å². The van der Waals surface area contributed by atoms with Crippen LogP contribution in [0.3, 0.4) is 0 Å². The van der Waals surface area contributed by atoms with Crippen molar-refractivity contribution in [1.82, 2.24) is 34.9 Å². The Hall–Kier alpha value is -5.28. The quantitative estimate of drug-likeness (QED) is 0.115. The molecule has 2 aliphatic heterocycles. The molecule has 3 amide bonds. The predicted octanol–water partition coefficient (Wildman–Crippen LogP) is 6.87. The highest BCUT2D eigenvalue weighted by atomic mass is 35.5. The summed E-state index contributed by atoms with van der Waals surface area (Å²) in [4.78, 5) is 53.9. The van der Waals surface area contributed by atoms with Crippen molar-refractivity contribution in [2.75, 3.05) is 40.9 Å². The number of aliphatic hydroxyl groups is 1. The maximum absolute atomic E-state index is 15.0. The molecule has 15 heteroatoms. The highest BCUT2D eigenvalue weighted by molar-refractivity contribution is 6.31. The van der Waals surface area contributed by atoms with E-state index in [0.29, 0.717) is 65.9 Å². The number of amides is 3. The molecule has 1 aromatic heterocycles. The molecule has 4 aromatic carbocycles. The standard InChI is InChI=1S/C50H59Cl2N7O6/c1-33-47(61)54-42(31-64-5)48(62)55-50(27-35-12-17-39(51)18-13-35)22-9-23-58(32-50)49(63)38(24-34-10-7-6-8-11-34)25-46(60)59(33)29-37-14-19-40(52)26-44(37)65-41-20-15-36(16-21-41)43-28-53-45(57(43)4)30-56(2)3/h6-8,10-21,26,28,33,38,42,46,60H,9,22-25,27,29-32H2,1-5H3,(H,54,61)(H,55,62)/t33-,38+,42-,46?,50+/m0/s1. The number of carbonyl (C=O) groups is 3. The van der Waals surface area contributed by atoms with E-state index in [-0.39, 0.29) is 32.0 Å². The van der Waals surface area contributed by atoms with Gasteiger partial charge in [0.25, 0.3) is 0 Å². The van der Waals surface area contributed by atoms with Gasteiger partial charge in [0.05, 0.1) is 36.6 Å². The minimum absolute atomic E-state index is 0.0232. The number of rotatable bonds is 13. The summed E-state index contributed by atoms with van der Waals surface area (Å²) in [5.74, 6) is 0.180. The second-order valence-corrected chi connectivity index (χ2v) is 18.5. The molecule has 7 rings (SSSR count). The minimum atomic E-state index is -1.28. The van der Waals surface area contributed by atoms with E-state index in [0.717, 1.165) is 28.2 Å². The predicted molar refractivity (Wildman–Crippen MR) is 252 cm³/mol. The van der Waals surface area contributed by atoms with Crippen LogP contribution < -0.4 is 15.4 Å². The summed E-state index contributed by atoms with van der Waals surface area (Å²) in [6.45, 7) is 3.05. The first kappa shape index (κ1) is 47.7. The smallest absolute Gasteiger partial charge is 0.245 e. The number of piperidine rings is 1. The maximum Gasteiger partial charge on any atom is 0.245 e. The molecule has 0 spiro atoms. The number of hydrogen-bond acceptors (Lipinski definition) is 9. The van der Waals surface area contributed by atoms with E-state index in [1.807, 2.05) is 111 Å². The second kappa shape index (κ2) is 21.4. The van der Waals surface area contributed by atoms with Crippen LogP contribution in [0.2, 0.25) is 10.0 Å². The Morgan fingerprint density at radius 2 is 1.65 bits per heavy atom. The molecular formula is C50H59Cl2N7O6. The summed E-state index contributed by atoms with van der Waals surface area (Å²) in [5.41, 5.74) is 3.60. The van der Waals surface area contributed by atoms with E-state index < -0.39 is 41.6 Å². The lowest BCUT2D eigenvalue weighted by molar-refractivity contribution is -0.145. The third-order valence-corrected chi connectivity index (χ3v) is 12.9. The first-order chi connectivity index (χ1) is 31.2. The van der Waals surface area contributed by atoms with Gasteiger partial charge in [0.2, 0.25) is 17.7 Å².